The predicted octanol–water partition coefficient (Wildman–Crippen LogP) is 1.25. The van der Waals surface area contributed by atoms with Crippen molar-refractivity contribution in [2.75, 3.05) is 70.8 Å². The molecule has 0 saturated carbocycles. The number of aldehydes is 1. The first-order valence-corrected chi connectivity index (χ1v) is 15.9. The van der Waals surface area contributed by atoms with Crippen molar-refractivity contribution >= 4 is 41.6 Å². The summed E-state index contributed by atoms with van der Waals surface area (Å²) in [4.78, 5) is 46.1. The minimum atomic E-state index is -0.257. The Hall–Kier alpha value is -3.07. The molecule has 0 aliphatic carbocycles. The zero-order valence-electron chi connectivity index (χ0n) is 24.6. The first-order chi connectivity index (χ1) is 21.0. The van der Waals surface area contributed by atoms with E-state index in [1.165, 1.54) is 6.07 Å². The molecule has 6 N–H and O–H groups in total. The van der Waals surface area contributed by atoms with Crippen LogP contribution in [0.5, 0.6) is 5.75 Å². The fourth-order valence-electron chi connectivity index (χ4n) is 4.66. The Morgan fingerprint density at radius 2 is 1.60 bits per heavy atom. The van der Waals surface area contributed by atoms with Crippen LogP contribution < -0.4 is 31.7 Å². The number of carbonyl (C=O) groups excluding carboxylic acids is 4. The minimum Gasteiger partial charge on any atom is -0.484 e. The number of nitrogens with one attached hydrogen (secondary N) is 4. The van der Waals surface area contributed by atoms with Crippen molar-refractivity contribution in [3.63, 3.8) is 0 Å². The Balaban J connectivity index is 1.01. The van der Waals surface area contributed by atoms with E-state index in [0.29, 0.717) is 94.1 Å². The standard InChI is InChI=1S/C29H45N5O8S/c30-23-17-22(8-7-21(23)18-35)42-19-27(37)32-10-4-12-40-14-16-41-15-13-39-11-3-9-31-26(36)6-2-1-5-25-28-24(20-43-25)33-29(38)34-28/h7-8,17-18,24-25,28H,1-6,9-16,19-20,30H2,(H,31,36)(H,32,37)(H2,33,34,38)/t24-,25-,28-/m0/s1. The third-order valence-electron chi connectivity index (χ3n) is 6.96. The fourth-order valence-corrected chi connectivity index (χ4v) is 6.20. The van der Waals surface area contributed by atoms with Gasteiger partial charge in [0.25, 0.3) is 5.91 Å². The van der Waals surface area contributed by atoms with Gasteiger partial charge < -0.3 is 45.9 Å². The lowest BCUT2D eigenvalue weighted by Crippen LogP contribution is -2.36. The molecule has 0 spiro atoms. The van der Waals surface area contributed by atoms with Crippen molar-refractivity contribution < 1.29 is 38.1 Å². The Morgan fingerprint density at radius 1 is 0.930 bits per heavy atom. The number of urea groups is 1. The first kappa shape index (κ1) is 34.4. The molecule has 14 heteroatoms. The number of rotatable bonds is 23. The number of fused-ring (bicyclic) bond motifs is 1. The van der Waals surface area contributed by atoms with E-state index in [2.05, 4.69) is 21.3 Å². The Bertz CT molecular complexity index is 1030. The molecule has 2 aliphatic rings. The number of anilines is 1. The summed E-state index contributed by atoms with van der Waals surface area (Å²) in [5.74, 6) is 1.19. The van der Waals surface area contributed by atoms with E-state index in [1.807, 2.05) is 11.8 Å². The molecule has 240 valence electrons. The largest absolute Gasteiger partial charge is 0.484 e. The van der Waals surface area contributed by atoms with E-state index < -0.39 is 0 Å². The normalized spacial score (nSPS) is 18.9. The van der Waals surface area contributed by atoms with Crippen LogP contribution in [0.2, 0.25) is 0 Å². The summed E-state index contributed by atoms with van der Waals surface area (Å²) in [7, 11) is 0. The average molecular weight is 624 g/mol. The molecular weight excluding hydrogens is 578 g/mol. The molecule has 0 radical (unpaired) electrons. The van der Waals surface area contributed by atoms with Crippen molar-refractivity contribution in [2.45, 2.75) is 55.9 Å². The third-order valence-corrected chi connectivity index (χ3v) is 8.46. The van der Waals surface area contributed by atoms with Gasteiger partial charge in [0.1, 0.15) is 5.75 Å². The molecule has 2 saturated heterocycles. The number of hydrogen-bond donors (Lipinski definition) is 5. The van der Waals surface area contributed by atoms with E-state index in [4.69, 9.17) is 24.7 Å². The Kier molecular flexibility index (Phi) is 16.0. The molecule has 2 aliphatic heterocycles. The van der Waals surface area contributed by atoms with E-state index in [0.717, 1.165) is 31.4 Å². The van der Waals surface area contributed by atoms with Gasteiger partial charge in [-0.05, 0) is 37.8 Å². The molecule has 0 aromatic heterocycles. The number of amides is 4. The van der Waals surface area contributed by atoms with Gasteiger partial charge in [0.05, 0.1) is 38.5 Å². The number of benzene rings is 1. The van der Waals surface area contributed by atoms with Crippen molar-refractivity contribution in [2.24, 2.45) is 0 Å². The van der Waals surface area contributed by atoms with E-state index in [1.54, 1.807) is 12.1 Å². The lowest BCUT2D eigenvalue weighted by molar-refractivity contribution is -0.123. The number of unbranched alkanes of at least 4 members (excludes halogenated alkanes) is 1. The number of hydrogen-bond acceptors (Lipinski definition) is 10. The highest BCUT2D eigenvalue weighted by Gasteiger charge is 2.42. The third kappa shape index (κ3) is 13.4. The predicted molar refractivity (Wildman–Crippen MR) is 163 cm³/mol. The molecule has 3 rings (SSSR count). The van der Waals surface area contributed by atoms with Crippen LogP contribution in [-0.2, 0) is 23.8 Å². The van der Waals surface area contributed by atoms with Gasteiger partial charge in [0.2, 0.25) is 5.91 Å². The number of ether oxygens (including phenoxy) is 4. The van der Waals surface area contributed by atoms with Crippen LogP contribution >= 0.6 is 11.8 Å². The smallest absolute Gasteiger partial charge is 0.315 e. The molecule has 0 bridgehead atoms. The van der Waals surface area contributed by atoms with E-state index >= 15 is 0 Å². The molecule has 4 amide bonds. The van der Waals surface area contributed by atoms with Crippen molar-refractivity contribution in [1.82, 2.24) is 21.3 Å². The van der Waals surface area contributed by atoms with Gasteiger partial charge in [-0.3, -0.25) is 14.4 Å². The second-order valence-corrected chi connectivity index (χ2v) is 11.6. The first-order valence-electron chi connectivity index (χ1n) is 14.9. The quantitative estimate of drug-likeness (QED) is 0.0516. The summed E-state index contributed by atoms with van der Waals surface area (Å²) < 4.78 is 21.9. The maximum atomic E-state index is 12.0. The maximum Gasteiger partial charge on any atom is 0.315 e. The van der Waals surface area contributed by atoms with Gasteiger partial charge in [-0.25, -0.2) is 4.79 Å². The minimum absolute atomic E-state index is 0.0628. The second-order valence-electron chi connectivity index (χ2n) is 10.3. The number of carbonyl (C=O) groups is 4. The molecule has 1 aromatic rings. The van der Waals surface area contributed by atoms with Gasteiger partial charge >= 0.3 is 6.03 Å². The highest BCUT2D eigenvalue weighted by Crippen LogP contribution is 2.33. The van der Waals surface area contributed by atoms with Crippen LogP contribution in [0, 0.1) is 0 Å². The molecule has 13 nitrogen and oxygen atoms in total. The monoisotopic (exact) mass is 623 g/mol. The van der Waals surface area contributed by atoms with Crippen molar-refractivity contribution in [1.29, 1.82) is 0 Å². The average Bonchev–Trinajstić information content (AvgIpc) is 3.55. The highest BCUT2D eigenvalue weighted by molar-refractivity contribution is 8.00. The van der Waals surface area contributed by atoms with Crippen LogP contribution in [0.25, 0.3) is 0 Å². The molecule has 2 fully saturated rings. The Labute approximate surface area is 257 Å². The summed E-state index contributed by atoms with van der Waals surface area (Å²) >= 11 is 1.90. The number of nitrogen functional groups attached to an aromatic ring is 1. The van der Waals surface area contributed by atoms with Crippen LogP contribution in [0.3, 0.4) is 0 Å². The summed E-state index contributed by atoms with van der Waals surface area (Å²) in [6.45, 7) is 3.81. The molecular formula is C29H45N5O8S. The summed E-state index contributed by atoms with van der Waals surface area (Å²) in [5.41, 5.74) is 6.40. The van der Waals surface area contributed by atoms with E-state index in [-0.39, 0.29) is 36.5 Å². The summed E-state index contributed by atoms with van der Waals surface area (Å²) in [5, 5.41) is 12.1. The van der Waals surface area contributed by atoms with Gasteiger partial charge in [-0.1, -0.05) is 6.42 Å². The maximum absolute atomic E-state index is 12.0. The fraction of sp³-hybridized carbons (Fsp3) is 0.655. The molecule has 43 heavy (non-hydrogen) atoms. The lowest BCUT2D eigenvalue weighted by atomic mass is 10.0. The summed E-state index contributed by atoms with van der Waals surface area (Å²) in [6.07, 6.45) is 5.43. The molecule has 2 heterocycles. The van der Waals surface area contributed by atoms with Crippen LogP contribution in [0.1, 0.15) is 48.9 Å². The van der Waals surface area contributed by atoms with Crippen molar-refractivity contribution in [3.05, 3.63) is 23.8 Å². The van der Waals surface area contributed by atoms with E-state index in [9.17, 15) is 19.2 Å². The van der Waals surface area contributed by atoms with Crippen molar-refractivity contribution in [3.8, 4) is 5.75 Å². The topological polar surface area (TPSA) is 179 Å². The number of thioether (sulfide) groups is 1. The lowest BCUT2D eigenvalue weighted by Gasteiger charge is -2.16. The zero-order valence-corrected chi connectivity index (χ0v) is 25.4. The summed E-state index contributed by atoms with van der Waals surface area (Å²) in [6, 6.07) is 5.04. The highest BCUT2D eigenvalue weighted by atomic mass is 32.2. The van der Waals surface area contributed by atoms with Gasteiger partial charge in [0, 0.05) is 61.0 Å². The molecule has 1 aromatic carbocycles. The molecule has 3 atom stereocenters. The van der Waals surface area contributed by atoms with Crippen LogP contribution in [0.15, 0.2) is 18.2 Å². The van der Waals surface area contributed by atoms with Crippen LogP contribution in [0.4, 0.5) is 10.5 Å². The second kappa shape index (κ2) is 20.0. The SMILES string of the molecule is Nc1cc(OCC(=O)NCCCOCCOCCOCCCNC(=O)CCCC[C@@H]2SC[C@@H]3NC(=O)N[C@@H]32)ccc1C=O. The molecule has 0 unspecified atom stereocenters. The van der Waals surface area contributed by atoms with Gasteiger partial charge in [-0.15, -0.1) is 0 Å². The van der Waals surface area contributed by atoms with Gasteiger partial charge in [-0.2, -0.15) is 11.8 Å². The Morgan fingerprint density at radius 3 is 2.28 bits per heavy atom. The van der Waals surface area contributed by atoms with Crippen LogP contribution in [-0.4, -0.2) is 107 Å². The van der Waals surface area contributed by atoms with Gasteiger partial charge in [0.15, 0.2) is 12.9 Å². The zero-order chi connectivity index (χ0) is 30.7. The number of nitrogens with two attached hydrogens (primary N) is 1.